The van der Waals surface area contributed by atoms with Crippen molar-refractivity contribution >= 4 is 28.6 Å². The van der Waals surface area contributed by atoms with Crippen LogP contribution in [-0.4, -0.2) is 7.11 Å². The Labute approximate surface area is 114 Å². The van der Waals surface area contributed by atoms with E-state index in [1.165, 1.54) is 24.5 Å². The Hall–Kier alpha value is -1.26. The second-order valence-electron chi connectivity index (χ2n) is 3.86. The molecule has 0 saturated heterocycles. The maximum Gasteiger partial charge on any atom is 0.165 e. The van der Waals surface area contributed by atoms with Crippen molar-refractivity contribution in [3.05, 3.63) is 45.4 Å². The van der Waals surface area contributed by atoms with Gasteiger partial charge in [0.25, 0.3) is 0 Å². The highest BCUT2D eigenvalue weighted by atomic mass is 35.5. The summed E-state index contributed by atoms with van der Waals surface area (Å²) in [7, 11) is 1.45. The Morgan fingerprint density at radius 1 is 1.33 bits per heavy atom. The van der Waals surface area contributed by atoms with Crippen molar-refractivity contribution < 1.29 is 9.13 Å². The molecule has 0 spiro atoms. The average Bonchev–Trinajstić information content (AvgIpc) is 2.78. The first kappa shape index (κ1) is 13.2. The molecule has 0 aliphatic heterocycles. The van der Waals surface area contributed by atoms with E-state index in [1.807, 2.05) is 19.1 Å². The summed E-state index contributed by atoms with van der Waals surface area (Å²) in [5.41, 5.74) is 0.810. The number of rotatable bonds is 4. The van der Waals surface area contributed by atoms with E-state index in [4.69, 9.17) is 16.3 Å². The van der Waals surface area contributed by atoms with E-state index in [9.17, 15) is 4.39 Å². The minimum absolute atomic E-state index is 0.109. The monoisotopic (exact) mass is 285 g/mol. The van der Waals surface area contributed by atoms with Gasteiger partial charge < -0.3 is 10.1 Å². The largest absolute Gasteiger partial charge is 0.494 e. The van der Waals surface area contributed by atoms with Crippen LogP contribution in [0.4, 0.5) is 10.1 Å². The highest BCUT2D eigenvalue weighted by Crippen LogP contribution is 2.30. The molecule has 1 unspecified atom stereocenters. The topological polar surface area (TPSA) is 21.3 Å². The van der Waals surface area contributed by atoms with Crippen LogP contribution in [0.3, 0.4) is 0 Å². The molecule has 1 aromatic heterocycles. The highest BCUT2D eigenvalue weighted by molar-refractivity contribution is 7.16. The van der Waals surface area contributed by atoms with Gasteiger partial charge in [-0.05, 0) is 31.2 Å². The molecule has 0 fully saturated rings. The Kier molecular flexibility index (Phi) is 4.09. The number of benzene rings is 1. The number of anilines is 1. The standard InChI is InChI=1S/C13H13ClFNOS/c1-8(12-5-6-13(14)18-12)16-9-3-4-10(15)11(7-9)17-2/h3-8,16H,1-2H3. The van der Waals surface area contributed by atoms with E-state index < -0.39 is 0 Å². The zero-order chi connectivity index (χ0) is 13.1. The van der Waals surface area contributed by atoms with Crippen molar-refractivity contribution in [1.29, 1.82) is 0 Å². The molecular weight excluding hydrogens is 273 g/mol. The number of hydrogen-bond donors (Lipinski definition) is 1. The third kappa shape index (κ3) is 2.94. The van der Waals surface area contributed by atoms with Crippen LogP contribution < -0.4 is 10.1 Å². The summed E-state index contributed by atoms with van der Waals surface area (Å²) in [4.78, 5) is 1.13. The Morgan fingerprint density at radius 2 is 2.11 bits per heavy atom. The first-order valence-corrected chi connectivity index (χ1v) is 6.65. The van der Waals surface area contributed by atoms with E-state index in [2.05, 4.69) is 5.32 Å². The van der Waals surface area contributed by atoms with Gasteiger partial charge in [-0.2, -0.15) is 0 Å². The van der Waals surface area contributed by atoms with Gasteiger partial charge in [0.05, 0.1) is 17.5 Å². The molecule has 2 nitrogen and oxygen atoms in total. The van der Waals surface area contributed by atoms with E-state index in [1.54, 1.807) is 12.1 Å². The Balaban J connectivity index is 2.14. The van der Waals surface area contributed by atoms with Gasteiger partial charge in [0.15, 0.2) is 11.6 Å². The van der Waals surface area contributed by atoms with E-state index >= 15 is 0 Å². The van der Waals surface area contributed by atoms with Gasteiger partial charge in [0.2, 0.25) is 0 Å². The number of methoxy groups -OCH3 is 1. The van der Waals surface area contributed by atoms with Gasteiger partial charge in [-0.3, -0.25) is 0 Å². The van der Waals surface area contributed by atoms with Crippen molar-refractivity contribution in [3.8, 4) is 5.75 Å². The maximum atomic E-state index is 13.3. The normalized spacial score (nSPS) is 12.2. The second kappa shape index (κ2) is 5.59. The summed E-state index contributed by atoms with van der Waals surface area (Å²) < 4.78 is 19.0. The van der Waals surface area contributed by atoms with Crippen LogP contribution in [-0.2, 0) is 0 Å². The summed E-state index contributed by atoms with van der Waals surface area (Å²) in [5, 5.41) is 3.28. The van der Waals surface area contributed by atoms with Gasteiger partial charge in [-0.25, -0.2) is 4.39 Å². The summed E-state index contributed by atoms with van der Waals surface area (Å²) in [5.74, 6) is -0.133. The summed E-state index contributed by atoms with van der Waals surface area (Å²) >= 11 is 7.42. The van der Waals surface area contributed by atoms with Gasteiger partial charge in [0, 0.05) is 16.6 Å². The number of thiophene rings is 1. The minimum Gasteiger partial charge on any atom is -0.494 e. The van der Waals surface area contributed by atoms with Crippen molar-refractivity contribution in [2.45, 2.75) is 13.0 Å². The minimum atomic E-state index is -0.366. The van der Waals surface area contributed by atoms with Gasteiger partial charge >= 0.3 is 0 Å². The Morgan fingerprint density at radius 3 is 2.72 bits per heavy atom. The van der Waals surface area contributed by atoms with E-state index in [0.717, 1.165) is 14.9 Å². The lowest BCUT2D eigenvalue weighted by atomic mass is 10.2. The zero-order valence-electron chi connectivity index (χ0n) is 10.0. The van der Waals surface area contributed by atoms with E-state index in [0.29, 0.717) is 0 Å². The van der Waals surface area contributed by atoms with Crippen LogP contribution in [0, 0.1) is 5.82 Å². The molecule has 1 atom stereocenters. The van der Waals surface area contributed by atoms with E-state index in [-0.39, 0.29) is 17.6 Å². The summed E-state index contributed by atoms with van der Waals surface area (Å²) in [6.07, 6.45) is 0. The number of nitrogens with one attached hydrogen (secondary N) is 1. The molecule has 0 radical (unpaired) electrons. The average molecular weight is 286 g/mol. The quantitative estimate of drug-likeness (QED) is 0.877. The number of hydrogen-bond acceptors (Lipinski definition) is 3. The molecule has 0 aliphatic carbocycles. The van der Waals surface area contributed by atoms with Crippen LogP contribution in [0.1, 0.15) is 17.8 Å². The van der Waals surface area contributed by atoms with Crippen LogP contribution in [0.5, 0.6) is 5.75 Å². The SMILES string of the molecule is COc1cc(NC(C)c2ccc(Cl)s2)ccc1F. The lowest BCUT2D eigenvalue weighted by molar-refractivity contribution is 0.387. The predicted octanol–water partition coefficient (Wildman–Crippen LogP) is 4.72. The van der Waals surface area contributed by atoms with Crippen LogP contribution in [0.2, 0.25) is 4.34 Å². The van der Waals surface area contributed by atoms with Crippen molar-refractivity contribution in [2.75, 3.05) is 12.4 Å². The Bertz CT molecular complexity index is 544. The van der Waals surface area contributed by atoms with Crippen molar-refractivity contribution in [1.82, 2.24) is 0 Å². The molecule has 96 valence electrons. The molecule has 18 heavy (non-hydrogen) atoms. The van der Waals surface area contributed by atoms with Crippen LogP contribution in [0.15, 0.2) is 30.3 Å². The lowest BCUT2D eigenvalue weighted by Gasteiger charge is -2.14. The van der Waals surface area contributed by atoms with Gasteiger partial charge in [-0.15, -0.1) is 11.3 Å². The third-order valence-electron chi connectivity index (χ3n) is 2.56. The molecule has 0 amide bonds. The number of ether oxygens (including phenoxy) is 1. The molecule has 2 aromatic rings. The molecule has 0 saturated carbocycles. The van der Waals surface area contributed by atoms with Gasteiger partial charge in [0.1, 0.15) is 0 Å². The summed E-state index contributed by atoms with van der Waals surface area (Å²) in [6, 6.07) is 8.66. The molecule has 1 aromatic carbocycles. The smallest absolute Gasteiger partial charge is 0.165 e. The molecule has 0 bridgehead atoms. The zero-order valence-corrected chi connectivity index (χ0v) is 11.6. The van der Waals surface area contributed by atoms with Crippen molar-refractivity contribution in [3.63, 3.8) is 0 Å². The fraction of sp³-hybridized carbons (Fsp3) is 0.231. The van der Waals surface area contributed by atoms with Crippen LogP contribution >= 0.6 is 22.9 Å². The molecule has 5 heteroatoms. The van der Waals surface area contributed by atoms with Gasteiger partial charge in [-0.1, -0.05) is 11.6 Å². The van der Waals surface area contributed by atoms with Crippen molar-refractivity contribution in [2.24, 2.45) is 0 Å². The van der Waals surface area contributed by atoms with Crippen LogP contribution in [0.25, 0.3) is 0 Å². The highest BCUT2D eigenvalue weighted by Gasteiger charge is 2.10. The lowest BCUT2D eigenvalue weighted by Crippen LogP contribution is -2.05. The molecule has 2 rings (SSSR count). The fourth-order valence-electron chi connectivity index (χ4n) is 1.63. The molecular formula is C13H13ClFNOS. The third-order valence-corrected chi connectivity index (χ3v) is 3.97. The molecule has 1 heterocycles. The fourth-order valence-corrected chi connectivity index (χ4v) is 2.69. The molecule has 0 aliphatic rings. The second-order valence-corrected chi connectivity index (χ2v) is 5.60. The first-order valence-electron chi connectivity index (χ1n) is 5.45. The number of halogens is 2. The molecule has 1 N–H and O–H groups in total. The maximum absolute atomic E-state index is 13.3. The predicted molar refractivity (Wildman–Crippen MR) is 74.3 cm³/mol. The first-order chi connectivity index (χ1) is 8.60. The summed E-state index contributed by atoms with van der Waals surface area (Å²) in [6.45, 7) is 2.03.